The molecule has 0 bridgehead atoms. The molecule has 0 aliphatic carbocycles. The van der Waals surface area contributed by atoms with E-state index < -0.39 is 9.84 Å². The van der Waals surface area contributed by atoms with E-state index in [1.54, 1.807) is 4.68 Å². The van der Waals surface area contributed by atoms with Crippen molar-refractivity contribution in [2.24, 2.45) is 0 Å². The van der Waals surface area contributed by atoms with Gasteiger partial charge in [0.05, 0.1) is 23.2 Å². The molecule has 0 radical (unpaired) electrons. The van der Waals surface area contributed by atoms with Crippen molar-refractivity contribution in [2.75, 3.05) is 34.8 Å². The Labute approximate surface area is 183 Å². The average molecular weight is 446 g/mol. The number of hydrogen-bond donors (Lipinski definition) is 2. The molecule has 3 heterocycles. The summed E-state index contributed by atoms with van der Waals surface area (Å²) in [5.74, 6) is 0.761. The molecule has 2 saturated heterocycles. The van der Waals surface area contributed by atoms with Crippen LogP contribution in [0.2, 0.25) is 0 Å². The van der Waals surface area contributed by atoms with Crippen LogP contribution in [0.15, 0.2) is 36.4 Å². The number of rotatable bonds is 4. The number of hydrogen-bond acceptors (Lipinski definition) is 5. The summed E-state index contributed by atoms with van der Waals surface area (Å²) < 4.78 is 25.7. The van der Waals surface area contributed by atoms with Crippen LogP contribution < -0.4 is 15.5 Å². The van der Waals surface area contributed by atoms with E-state index in [4.69, 9.17) is 0 Å². The zero-order chi connectivity index (χ0) is 22.2. The van der Waals surface area contributed by atoms with Crippen molar-refractivity contribution < 1.29 is 13.2 Å². The Kier molecular flexibility index (Phi) is 5.72. The lowest BCUT2D eigenvalue weighted by Gasteiger charge is -2.19. The molecular formula is C22H31N5O3S. The van der Waals surface area contributed by atoms with Crippen LogP contribution >= 0.6 is 0 Å². The highest BCUT2D eigenvalue weighted by atomic mass is 32.2. The van der Waals surface area contributed by atoms with Crippen LogP contribution in [0.1, 0.15) is 45.3 Å². The van der Waals surface area contributed by atoms with Crippen molar-refractivity contribution in [3.8, 4) is 0 Å². The fourth-order valence-corrected chi connectivity index (χ4v) is 5.88. The van der Waals surface area contributed by atoms with Gasteiger partial charge in [0.25, 0.3) is 0 Å². The highest BCUT2D eigenvalue weighted by Gasteiger charge is 2.33. The maximum Gasteiger partial charge on any atom is 0.320 e. The molecule has 4 rings (SSSR count). The van der Waals surface area contributed by atoms with Crippen LogP contribution in [0.3, 0.4) is 0 Å². The quantitative estimate of drug-likeness (QED) is 0.754. The number of sulfone groups is 1. The monoisotopic (exact) mass is 445 g/mol. The molecule has 1 aromatic heterocycles. The van der Waals surface area contributed by atoms with Gasteiger partial charge in [-0.15, -0.1) is 0 Å². The first kappa shape index (κ1) is 21.7. The van der Waals surface area contributed by atoms with Gasteiger partial charge in [0.1, 0.15) is 5.82 Å². The third-order valence-corrected chi connectivity index (χ3v) is 7.70. The van der Waals surface area contributed by atoms with Gasteiger partial charge in [0.2, 0.25) is 0 Å². The molecule has 2 aliphatic heterocycles. The fourth-order valence-electron chi connectivity index (χ4n) is 4.19. The molecule has 2 fully saturated rings. The van der Waals surface area contributed by atoms with Gasteiger partial charge in [-0.05, 0) is 25.0 Å². The minimum absolute atomic E-state index is 0.0468. The van der Waals surface area contributed by atoms with E-state index in [9.17, 15) is 13.2 Å². The maximum absolute atomic E-state index is 12.8. The van der Waals surface area contributed by atoms with E-state index in [2.05, 4.69) is 32.8 Å². The standard InChI is InChI=1S/C22H31N5O3S/c1-22(2,3)19-13-20(27(25-19)18-10-12-31(29,30)15-18)24-21(28)23-16-9-11-26(14-16)17-7-5-4-6-8-17/h4-8,13,16,18H,9-12,14-15H2,1-3H3,(H2,23,24,28)/t16-,18-/m0/s1. The Hall–Kier alpha value is -2.55. The highest BCUT2D eigenvalue weighted by molar-refractivity contribution is 7.91. The highest BCUT2D eigenvalue weighted by Crippen LogP contribution is 2.31. The average Bonchev–Trinajstić information content (AvgIpc) is 3.40. The minimum atomic E-state index is -3.06. The first-order valence-corrected chi connectivity index (χ1v) is 12.6. The largest absolute Gasteiger partial charge is 0.369 e. The summed E-state index contributed by atoms with van der Waals surface area (Å²) in [4.78, 5) is 15.0. The van der Waals surface area contributed by atoms with Crippen LogP contribution in [0.25, 0.3) is 0 Å². The third-order valence-electron chi connectivity index (χ3n) is 5.94. The molecule has 2 amide bonds. The summed E-state index contributed by atoms with van der Waals surface area (Å²) in [7, 11) is -3.06. The van der Waals surface area contributed by atoms with Crippen LogP contribution in [0.4, 0.5) is 16.3 Å². The summed E-state index contributed by atoms with van der Waals surface area (Å²) in [6.45, 7) is 7.79. The van der Waals surface area contributed by atoms with E-state index in [0.717, 1.165) is 30.9 Å². The summed E-state index contributed by atoms with van der Waals surface area (Å²) >= 11 is 0. The molecule has 0 unspecified atom stereocenters. The van der Waals surface area contributed by atoms with Crippen molar-refractivity contribution in [3.05, 3.63) is 42.1 Å². The van der Waals surface area contributed by atoms with Gasteiger partial charge in [-0.2, -0.15) is 5.10 Å². The lowest BCUT2D eigenvalue weighted by Crippen LogP contribution is -2.40. The number of benzene rings is 1. The van der Waals surface area contributed by atoms with E-state index >= 15 is 0 Å². The van der Waals surface area contributed by atoms with Gasteiger partial charge in [0, 0.05) is 36.3 Å². The zero-order valence-electron chi connectivity index (χ0n) is 18.3. The summed E-state index contributed by atoms with van der Waals surface area (Å²) in [5.41, 5.74) is 1.77. The van der Waals surface area contributed by atoms with Gasteiger partial charge in [-0.25, -0.2) is 17.9 Å². The van der Waals surface area contributed by atoms with Crippen molar-refractivity contribution in [2.45, 2.75) is 51.1 Å². The van der Waals surface area contributed by atoms with Gasteiger partial charge in [-0.3, -0.25) is 5.32 Å². The number of urea groups is 1. The Morgan fingerprint density at radius 3 is 2.55 bits per heavy atom. The van der Waals surface area contributed by atoms with Crippen molar-refractivity contribution in [1.29, 1.82) is 0 Å². The third kappa shape index (κ3) is 5.03. The molecule has 2 atom stereocenters. The van der Waals surface area contributed by atoms with Gasteiger partial charge < -0.3 is 10.2 Å². The molecule has 9 heteroatoms. The predicted octanol–water partition coefficient (Wildman–Crippen LogP) is 2.94. The van der Waals surface area contributed by atoms with Crippen LogP contribution in [-0.4, -0.2) is 54.9 Å². The Balaban J connectivity index is 1.44. The topological polar surface area (TPSA) is 96.3 Å². The molecule has 8 nitrogen and oxygen atoms in total. The number of anilines is 2. The Morgan fingerprint density at radius 2 is 1.90 bits per heavy atom. The van der Waals surface area contributed by atoms with Crippen LogP contribution in [0, 0.1) is 0 Å². The van der Waals surface area contributed by atoms with E-state index in [1.165, 1.54) is 0 Å². The van der Waals surface area contributed by atoms with Crippen LogP contribution in [-0.2, 0) is 15.3 Å². The molecule has 2 aliphatic rings. The van der Waals surface area contributed by atoms with Crippen molar-refractivity contribution in [3.63, 3.8) is 0 Å². The lowest BCUT2D eigenvalue weighted by atomic mass is 9.92. The summed E-state index contributed by atoms with van der Waals surface area (Å²) in [6, 6.07) is 11.5. The second-order valence-corrected chi connectivity index (χ2v) is 11.8. The number of carbonyl (C=O) groups excluding carboxylic acids is 1. The molecule has 31 heavy (non-hydrogen) atoms. The van der Waals surface area contributed by atoms with E-state index in [1.807, 2.05) is 45.0 Å². The SMILES string of the molecule is CC(C)(C)c1cc(NC(=O)N[C@H]2CCN(c3ccccc3)C2)n([C@H]2CCS(=O)(=O)C2)n1. The number of aromatic nitrogens is 2. The summed E-state index contributed by atoms with van der Waals surface area (Å²) in [5, 5.41) is 10.7. The van der Waals surface area contributed by atoms with Crippen molar-refractivity contribution in [1.82, 2.24) is 15.1 Å². The zero-order valence-corrected chi connectivity index (χ0v) is 19.2. The van der Waals surface area contributed by atoms with Crippen molar-refractivity contribution >= 4 is 27.4 Å². The molecule has 2 aromatic rings. The molecular weight excluding hydrogens is 414 g/mol. The number of carbonyl (C=O) groups is 1. The minimum Gasteiger partial charge on any atom is -0.369 e. The molecule has 168 valence electrons. The fraction of sp³-hybridized carbons (Fsp3) is 0.545. The molecule has 0 saturated carbocycles. The summed E-state index contributed by atoms with van der Waals surface area (Å²) in [6.07, 6.45) is 1.38. The second kappa shape index (κ2) is 8.18. The van der Waals surface area contributed by atoms with E-state index in [-0.39, 0.29) is 35.0 Å². The van der Waals surface area contributed by atoms with Gasteiger partial charge in [-0.1, -0.05) is 39.0 Å². The Bertz CT molecular complexity index is 1040. The lowest BCUT2D eigenvalue weighted by molar-refractivity contribution is 0.249. The maximum atomic E-state index is 12.8. The first-order valence-electron chi connectivity index (χ1n) is 10.8. The van der Waals surface area contributed by atoms with Gasteiger partial charge >= 0.3 is 6.03 Å². The predicted molar refractivity (Wildman–Crippen MR) is 122 cm³/mol. The van der Waals surface area contributed by atoms with E-state index in [0.29, 0.717) is 12.2 Å². The number of nitrogens with zero attached hydrogens (tertiary/aromatic N) is 3. The smallest absolute Gasteiger partial charge is 0.320 e. The molecule has 1 aromatic carbocycles. The number of amides is 2. The number of nitrogens with one attached hydrogen (secondary N) is 2. The Morgan fingerprint density at radius 1 is 1.16 bits per heavy atom. The normalized spacial score (nSPS) is 23.1. The second-order valence-electron chi connectivity index (χ2n) is 9.53. The molecule has 0 spiro atoms. The number of para-hydroxylation sites is 1. The first-order chi connectivity index (χ1) is 14.6. The van der Waals surface area contributed by atoms with Gasteiger partial charge in [0.15, 0.2) is 9.84 Å². The molecule has 2 N–H and O–H groups in total. The van der Waals surface area contributed by atoms with Crippen LogP contribution in [0.5, 0.6) is 0 Å².